The van der Waals surface area contributed by atoms with Crippen LogP contribution in [-0.4, -0.2) is 45.5 Å². The van der Waals surface area contributed by atoms with Crippen LogP contribution in [0.1, 0.15) is 26.7 Å². The molecular weight excluding hydrogens is 399 g/mol. The molecule has 0 saturated carbocycles. The van der Waals surface area contributed by atoms with Gasteiger partial charge in [-0.05, 0) is 38.5 Å². The van der Waals surface area contributed by atoms with Crippen molar-refractivity contribution in [1.82, 2.24) is 4.90 Å². The van der Waals surface area contributed by atoms with Gasteiger partial charge in [-0.2, -0.15) is 0 Å². The molecule has 0 aliphatic carbocycles. The SMILES string of the molecule is C[C@H](OC(=O)[C@H]1CS[C@@]2(C)CCC(=O)N12)C(=O)Nc1ccc(Cl)cc1Cl. The van der Waals surface area contributed by atoms with Gasteiger partial charge in [0.25, 0.3) is 5.91 Å². The van der Waals surface area contributed by atoms with Crippen molar-refractivity contribution in [2.24, 2.45) is 0 Å². The third-order valence-corrected chi connectivity index (χ3v) is 6.62. The van der Waals surface area contributed by atoms with Crippen LogP contribution in [0.3, 0.4) is 0 Å². The lowest BCUT2D eigenvalue weighted by Gasteiger charge is -2.29. The van der Waals surface area contributed by atoms with Crippen LogP contribution in [0, 0.1) is 0 Å². The third kappa shape index (κ3) is 3.66. The summed E-state index contributed by atoms with van der Waals surface area (Å²) in [7, 11) is 0. The van der Waals surface area contributed by atoms with Crippen molar-refractivity contribution in [2.75, 3.05) is 11.1 Å². The number of benzene rings is 1. The van der Waals surface area contributed by atoms with Gasteiger partial charge in [-0.1, -0.05) is 23.2 Å². The summed E-state index contributed by atoms with van der Waals surface area (Å²) in [6.45, 7) is 3.43. The number of rotatable bonds is 4. The summed E-state index contributed by atoms with van der Waals surface area (Å²) in [6.07, 6.45) is 0.118. The van der Waals surface area contributed by atoms with E-state index in [1.165, 1.54) is 13.0 Å². The number of ether oxygens (including phenoxy) is 1. The second-order valence-corrected chi connectivity index (χ2v) is 8.80. The van der Waals surface area contributed by atoms with Crippen LogP contribution in [-0.2, 0) is 19.1 Å². The lowest BCUT2D eigenvalue weighted by atomic mass is 10.2. The monoisotopic (exact) mass is 416 g/mol. The molecule has 2 aliphatic rings. The summed E-state index contributed by atoms with van der Waals surface area (Å²) in [4.78, 5) is 38.1. The van der Waals surface area contributed by atoms with E-state index in [9.17, 15) is 14.4 Å². The molecule has 140 valence electrons. The van der Waals surface area contributed by atoms with Crippen molar-refractivity contribution < 1.29 is 19.1 Å². The average Bonchev–Trinajstić information content (AvgIpc) is 3.06. The molecule has 3 atom stereocenters. The molecule has 1 N–H and O–H groups in total. The second-order valence-electron chi connectivity index (χ2n) is 6.46. The minimum absolute atomic E-state index is 0.0514. The topological polar surface area (TPSA) is 75.7 Å². The second kappa shape index (κ2) is 7.29. The normalized spacial score (nSPS) is 25.8. The molecule has 6 nitrogen and oxygen atoms in total. The molecule has 2 fully saturated rings. The highest BCUT2D eigenvalue weighted by molar-refractivity contribution is 8.01. The summed E-state index contributed by atoms with van der Waals surface area (Å²) in [5, 5.41) is 3.34. The molecule has 0 aromatic heterocycles. The Labute approximate surface area is 165 Å². The maximum Gasteiger partial charge on any atom is 0.330 e. The minimum Gasteiger partial charge on any atom is -0.451 e. The maximum absolute atomic E-state index is 12.5. The standard InChI is InChI=1S/C17H18Cl2N2O4S/c1-9(15(23)20-12-4-3-10(18)7-11(12)19)25-16(24)13-8-26-17(2)6-5-14(22)21(13)17/h3-4,7,9,13H,5-6,8H2,1-2H3,(H,20,23)/t9-,13+,17-/m0/s1. The zero-order valence-corrected chi connectivity index (χ0v) is 16.6. The number of thioether (sulfide) groups is 1. The maximum atomic E-state index is 12.5. The van der Waals surface area contributed by atoms with Gasteiger partial charge in [0, 0.05) is 17.2 Å². The number of carbonyl (C=O) groups excluding carboxylic acids is 3. The fourth-order valence-electron chi connectivity index (χ4n) is 3.13. The van der Waals surface area contributed by atoms with E-state index in [1.54, 1.807) is 28.8 Å². The number of anilines is 1. The predicted molar refractivity (Wildman–Crippen MR) is 101 cm³/mol. The molecule has 1 aromatic rings. The van der Waals surface area contributed by atoms with Gasteiger partial charge in [-0.3, -0.25) is 9.59 Å². The summed E-state index contributed by atoms with van der Waals surface area (Å²) in [5.74, 6) is -0.659. The summed E-state index contributed by atoms with van der Waals surface area (Å²) >= 11 is 13.4. The molecule has 0 spiro atoms. The summed E-state index contributed by atoms with van der Waals surface area (Å²) < 4.78 is 5.31. The van der Waals surface area contributed by atoms with E-state index in [1.807, 2.05) is 6.92 Å². The van der Waals surface area contributed by atoms with Crippen molar-refractivity contribution >= 4 is 58.4 Å². The van der Waals surface area contributed by atoms with Crippen molar-refractivity contribution in [2.45, 2.75) is 43.7 Å². The molecule has 2 heterocycles. The van der Waals surface area contributed by atoms with Crippen molar-refractivity contribution in [3.05, 3.63) is 28.2 Å². The van der Waals surface area contributed by atoms with Gasteiger partial charge < -0.3 is 15.0 Å². The van der Waals surface area contributed by atoms with Gasteiger partial charge >= 0.3 is 5.97 Å². The highest BCUT2D eigenvalue weighted by Gasteiger charge is 2.53. The number of halogens is 2. The number of hydrogen-bond acceptors (Lipinski definition) is 5. The quantitative estimate of drug-likeness (QED) is 0.761. The Bertz CT molecular complexity index is 775. The number of hydrogen-bond donors (Lipinski definition) is 1. The number of carbonyl (C=O) groups is 3. The molecule has 26 heavy (non-hydrogen) atoms. The number of nitrogens with zero attached hydrogens (tertiary/aromatic N) is 1. The fourth-order valence-corrected chi connectivity index (χ4v) is 5.00. The summed E-state index contributed by atoms with van der Waals surface area (Å²) in [6, 6.07) is 4.01. The number of amides is 2. The summed E-state index contributed by atoms with van der Waals surface area (Å²) in [5.41, 5.74) is 0.377. The molecule has 1 aromatic carbocycles. The first kappa shape index (κ1) is 19.3. The molecule has 2 saturated heterocycles. The van der Waals surface area contributed by atoms with E-state index >= 15 is 0 Å². The van der Waals surface area contributed by atoms with Gasteiger partial charge in [0.05, 0.1) is 15.6 Å². The van der Waals surface area contributed by atoms with E-state index in [0.29, 0.717) is 29.3 Å². The molecule has 9 heteroatoms. The Balaban J connectivity index is 1.62. The molecule has 2 aliphatic heterocycles. The van der Waals surface area contributed by atoms with E-state index in [2.05, 4.69) is 5.32 Å². The average molecular weight is 417 g/mol. The number of nitrogens with one attached hydrogen (secondary N) is 1. The number of fused-ring (bicyclic) bond motifs is 1. The van der Waals surface area contributed by atoms with Crippen molar-refractivity contribution in [3.63, 3.8) is 0 Å². The lowest BCUT2D eigenvalue weighted by Crippen LogP contribution is -2.48. The van der Waals surface area contributed by atoms with Gasteiger partial charge in [-0.25, -0.2) is 4.79 Å². The van der Waals surface area contributed by atoms with Crippen LogP contribution in [0.4, 0.5) is 5.69 Å². The molecule has 0 unspecified atom stereocenters. The van der Waals surface area contributed by atoms with E-state index in [-0.39, 0.29) is 15.8 Å². The van der Waals surface area contributed by atoms with Crippen LogP contribution < -0.4 is 5.32 Å². The van der Waals surface area contributed by atoms with Crippen LogP contribution in [0.15, 0.2) is 18.2 Å². The highest BCUT2D eigenvalue weighted by Crippen LogP contribution is 2.47. The Morgan fingerprint density at radius 3 is 2.85 bits per heavy atom. The van der Waals surface area contributed by atoms with Gasteiger partial charge in [-0.15, -0.1) is 11.8 Å². The van der Waals surface area contributed by atoms with Crippen molar-refractivity contribution in [1.29, 1.82) is 0 Å². The molecular formula is C17H18Cl2N2O4S. The predicted octanol–water partition coefficient (Wildman–Crippen LogP) is 3.32. The molecule has 0 bridgehead atoms. The number of esters is 1. The first-order valence-corrected chi connectivity index (χ1v) is 9.88. The Morgan fingerprint density at radius 2 is 2.15 bits per heavy atom. The molecule has 2 amide bonds. The van der Waals surface area contributed by atoms with Gasteiger partial charge in [0.15, 0.2) is 6.10 Å². The molecule has 3 rings (SSSR count). The Kier molecular flexibility index (Phi) is 5.42. The highest BCUT2D eigenvalue weighted by atomic mass is 35.5. The largest absolute Gasteiger partial charge is 0.451 e. The smallest absolute Gasteiger partial charge is 0.330 e. The van der Waals surface area contributed by atoms with Crippen LogP contribution >= 0.6 is 35.0 Å². The first-order valence-electron chi connectivity index (χ1n) is 8.14. The van der Waals surface area contributed by atoms with Crippen LogP contribution in [0.5, 0.6) is 0 Å². The third-order valence-electron chi connectivity index (χ3n) is 4.57. The fraction of sp³-hybridized carbons (Fsp3) is 0.471. The zero-order chi connectivity index (χ0) is 19.1. The molecule has 0 radical (unpaired) electrons. The van der Waals surface area contributed by atoms with Gasteiger partial charge in [0.2, 0.25) is 5.91 Å². The Morgan fingerprint density at radius 1 is 1.42 bits per heavy atom. The zero-order valence-electron chi connectivity index (χ0n) is 14.3. The minimum atomic E-state index is -1.02. The van der Waals surface area contributed by atoms with E-state index in [4.69, 9.17) is 27.9 Å². The Hall–Kier alpha value is -1.44. The van der Waals surface area contributed by atoms with Crippen LogP contribution in [0.25, 0.3) is 0 Å². The lowest BCUT2D eigenvalue weighted by molar-refractivity contribution is -0.160. The van der Waals surface area contributed by atoms with Crippen LogP contribution in [0.2, 0.25) is 10.0 Å². The van der Waals surface area contributed by atoms with Gasteiger partial charge in [0.1, 0.15) is 6.04 Å². The first-order chi connectivity index (χ1) is 12.2. The van der Waals surface area contributed by atoms with E-state index < -0.39 is 24.0 Å². The van der Waals surface area contributed by atoms with E-state index in [0.717, 1.165) is 0 Å². The van der Waals surface area contributed by atoms with Crippen molar-refractivity contribution in [3.8, 4) is 0 Å².